The van der Waals surface area contributed by atoms with Gasteiger partial charge in [0, 0.05) is 32.1 Å². The van der Waals surface area contributed by atoms with Crippen molar-refractivity contribution in [2.75, 3.05) is 31.9 Å². The summed E-state index contributed by atoms with van der Waals surface area (Å²) < 4.78 is 23.6. The van der Waals surface area contributed by atoms with Crippen LogP contribution in [0.15, 0.2) is 35.3 Å². The highest BCUT2D eigenvalue weighted by Crippen LogP contribution is 2.24. The van der Waals surface area contributed by atoms with Crippen LogP contribution in [0.1, 0.15) is 39.2 Å². The predicted octanol–water partition coefficient (Wildman–Crippen LogP) is 2.26. The molecule has 2 rings (SSSR count). The third kappa shape index (κ3) is 4.29. The zero-order valence-electron chi connectivity index (χ0n) is 15.1. The van der Waals surface area contributed by atoms with Gasteiger partial charge in [0.2, 0.25) is 0 Å². The molecule has 1 fully saturated rings. The zero-order chi connectivity index (χ0) is 17.8. The van der Waals surface area contributed by atoms with Gasteiger partial charge in [-0.1, -0.05) is 37.3 Å². The van der Waals surface area contributed by atoms with Crippen molar-refractivity contribution < 1.29 is 8.42 Å². The molecule has 1 atom stereocenters. The minimum absolute atomic E-state index is 0.179. The van der Waals surface area contributed by atoms with Crippen LogP contribution in [0.4, 0.5) is 0 Å². The number of sulfone groups is 1. The predicted molar refractivity (Wildman–Crippen MR) is 100 cm³/mol. The van der Waals surface area contributed by atoms with Gasteiger partial charge in [-0.25, -0.2) is 8.42 Å². The first-order valence-electron chi connectivity index (χ1n) is 8.57. The van der Waals surface area contributed by atoms with E-state index in [1.165, 1.54) is 5.56 Å². The van der Waals surface area contributed by atoms with Crippen molar-refractivity contribution in [1.29, 1.82) is 0 Å². The molecule has 1 aromatic carbocycles. The first kappa shape index (κ1) is 18.8. The molecule has 1 aliphatic rings. The fourth-order valence-corrected chi connectivity index (χ4v) is 4.23. The Kier molecular flexibility index (Phi) is 5.91. The number of hydrogen-bond donors (Lipinski definition) is 1. The topological polar surface area (TPSA) is 61.8 Å². The molecule has 1 heterocycles. The van der Waals surface area contributed by atoms with E-state index >= 15 is 0 Å². The van der Waals surface area contributed by atoms with Crippen molar-refractivity contribution in [3.8, 4) is 0 Å². The van der Waals surface area contributed by atoms with Crippen molar-refractivity contribution in [1.82, 2.24) is 10.2 Å². The van der Waals surface area contributed by atoms with E-state index in [9.17, 15) is 8.42 Å². The number of rotatable bonds is 4. The Morgan fingerprint density at radius 3 is 2.58 bits per heavy atom. The Bertz CT molecular complexity index is 669. The van der Waals surface area contributed by atoms with Crippen molar-refractivity contribution >= 4 is 15.8 Å². The summed E-state index contributed by atoms with van der Waals surface area (Å²) in [5.41, 5.74) is 1.26. The van der Waals surface area contributed by atoms with Crippen LogP contribution in [0.5, 0.6) is 0 Å². The number of hydrogen-bond acceptors (Lipinski definition) is 3. The maximum absolute atomic E-state index is 12.2. The van der Waals surface area contributed by atoms with E-state index in [0.717, 1.165) is 12.5 Å². The summed E-state index contributed by atoms with van der Waals surface area (Å²) >= 11 is 0. The molecule has 6 heteroatoms. The fraction of sp³-hybridized carbons (Fsp3) is 0.611. The molecule has 0 spiro atoms. The second kappa shape index (κ2) is 7.55. The number of nitrogens with one attached hydrogen (secondary N) is 1. The van der Waals surface area contributed by atoms with Crippen molar-refractivity contribution in [3.05, 3.63) is 35.9 Å². The molecular formula is C18H29N3O2S. The summed E-state index contributed by atoms with van der Waals surface area (Å²) in [5.74, 6) is 1.31. The van der Waals surface area contributed by atoms with Crippen LogP contribution in [0, 0.1) is 0 Å². The minimum atomic E-state index is -3.04. The highest BCUT2D eigenvalue weighted by Gasteiger charge is 2.40. The lowest BCUT2D eigenvalue weighted by Crippen LogP contribution is -2.57. The molecule has 24 heavy (non-hydrogen) atoms. The summed E-state index contributed by atoms with van der Waals surface area (Å²) in [7, 11) is -3.04. The van der Waals surface area contributed by atoms with Crippen molar-refractivity contribution in [2.24, 2.45) is 4.99 Å². The summed E-state index contributed by atoms with van der Waals surface area (Å²) in [6, 6.07) is 10.3. The Hall–Kier alpha value is -1.56. The molecule has 0 aliphatic carbocycles. The van der Waals surface area contributed by atoms with E-state index < -0.39 is 14.6 Å². The fourth-order valence-electron chi connectivity index (χ4n) is 2.86. The van der Waals surface area contributed by atoms with Crippen molar-refractivity contribution in [2.45, 2.75) is 38.4 Å². The SMILES string of the molecule is CCNC(=NCC(C)c1ccccc1)N1CCS(=O)(=O)C(C)(C)C1. The molecule has 0 radical (unpaired) electrons. The molecule has 134 valence electrons. The Balaban J connectivity index is 2.11. The van der Waals surface area contributed by atoms with Crippen LogP contribution in [0.3, 0.4) is 0 Å². The molecule has 1 aliphatic heterocycles. The Morgan fingerprint density at radius 1 is 1.33 bits per heavy atom. The van der Waals surface area contributed by atoms with Crippen molar-refractivity contribution in [3.63, 3.8) is 0 Å². The molecule has 1 unspecified atom stereocenters. The van der Waals surface area contributed by atoms with Crippen LogP contribution < -0.4 is 5.32 Å². The molecule has 0 saturated carbocycles. The van der Waals surface area contributed by atoms with E-state index in [1.54, 1.807) is 13.8 Å². The minimum Gasteiger partial charge on any atom is -0.357 e. The Labute approximate surface area is 146 Å². The average Bonchev–Trinajstić information content (AvgIpc) is 2.54. The normalized spacial score (nSPS) is 21.3. The van der Waals surface area contributed by atoms with Gasteiger partial charge in [0.15, 0.2) is 15.8 Å². The monoisotopic (exact) mass is 351 g/mol. The Morgan fingerprint density at radius 2 is 2.00 bits per heavy atom. The third-order valence-electron chi connectivity index (χ3n) is 4.56. The van der Waals surface area contributed by atoms with Gasteiger partial charge in [-0.15, -0.1) is 0 Å². The van der Waals surface area contributed by atoms with Gasteiger partial charge in [0.1, 0.15) is 0 Å². The second-order valence-electron chi connectivity index (χ2n) is 7.01. The number of guanidine groups is 1. The van der Waals surface area contributed by atoms with Gasteiger partial charge >= 0.3 is 0 Å². The van der Waals surface area contributed by atoms with Gasteiger partial charge in [-0.05, 0) is 26.3 Å². The highest BCUT2D eigenvalue weighted by molar-refractivity contribution is 7.92. The highest BCUT2D eigenvalue weighted by atomic mass is 32.2. The van der Waals surface area contributed by atoms with E-state index in [-0.39, 0.29) is 5.75 Å². The van der Waals surface area contributed by atoms with Crippen LogP contribution in [0.2, 0.25) is 0 Å². The van der Waals surface area contributed by atoms with E-state index in [0.29, 0.717) is 25.6 Å². The molecule has 5 nitrogen and oxygen atoms in total. The van der Waals surface area contributed by atoms with Crippen LogP contribution in [-0.2, 0) is 9.84 Å². The largest absolute Gasteiger partial charge is 0.357 e. The lowest BCUT2D eigenvalue weighted by atomic mass is 10.0. The van der Waals surface area contributed by atoms with E-state index in [1.807, 2.05) is 25.1 Å². The van der Waals surface area contributed by atoms with Gasteiger partial charge in [0.25, 0.3) is 0 Å². The van der Waals surface area contributed by atoms with Crippen LogP contribution in [0.25, 0.3) is 0 Å². The van der Waals surface area contributed by atoms with Gasteiger partial charge in [-0.2, -0.15) is 0 Å². The molecule has 0 aromatic heterocycles. The zero-order valence-corrected chi connectivity index (χ0v) is 15.9. The van der Waals surface area contributed by atoms with Gasteiger partial charge in [0.05, 0.1) is 10.5 Å². The number of aliphatic imine (C=N–C) groups is 1. The first-order chi connectivity index (χ1) is 11.3. The van der Waals surface area contributed by atoms with Gasteiger partial charge in [-0.3, -0.25) is 4.99 Å². The maximum Gasteiger partial charge on any atom is 0.194 e. The lowest BCUT2D eigenvalue weighted by Gasteiger charge is -2.39. The number of benzene rings is 1. The molecule has 1 N–H and O–H groups in total. The molecule has 0 amide bonds. The van der Waals surface area contributed by atoms with E-state index in [2.05, 4.69) is 29.3 Å². The summed E-state index contributed by atoms with van der Waals surface area (Å²) in [5, 5.41) is 3.31. The summed E-state index contributed by atoms with van der Waals surface area (Å²) in [6.45, 7) is 10.2. The third-order valence-corrected chi connectivity index (χ3v) is 7.09. The van der Waals surface area contributed by atoms with Gasteiger partial charge < -0.3 is 10.2 Å². The summed E-state index contributed by atoms with van der Waals surface area (Å²) in [4.78, 5) is 6.84. The standard InChI is InChI=1S/C18H29N3O2S/c1-5-19-17(20-13-15(2)16-9-7-6-8-10-16)21-11-12-24(22,23)18(3,4)14-21/h6-10,15H,5,11-14H2,1-4H3,(H,19,20). The summed E-state index contributed by atoms with van der Waals surface area (Å²) in [6.07, 6.45) is 0. The quantitative estimate of drug-likeness (QED) is 0.668. The smallest absolute Gasteiger partial charge is 0.194 e. The first-order valence-corrected chi connectivity index (χ1v) is 10.2. The second-order valence-corrected chi connectivity index (χ2v) is 9.75. The molecule has 0 bridgehead atoms. The van der Waals surface area contributed by atoms with Crippen LogP contribution >= 0.6 is 0 Å². The molecule has 1 aromatic rings. The molecule has 1 saturated heterocycles. The van der Waals surface area contributed by atoms with E-state index in [4.69, 9.17) is 4.99 Å². The average molecular weight is 352 g/mol. The molecular weight excluding hydrogens is 322 g/mol. The maximum atomic E-state index is 12.2. The van der Waals surface area contributed by atoms with Crippen LogP contribution in [-0.4, -0.2) is 56.0 Å². The lowest BCUT2D eigenvalue weighted by molar-refractivity contribution is 0.353. The number of nitrogens with zero attached hydrogens (tertiary/aromatic N) is 2.